The second kappa shape index (κ2) is 8.25. The molecule has 1 aliphatic heterocycles. The van der Waals surface area contributed by atoms with E-state index in [0.717, 1.165) is 51.1 Å². The van der Waals surface area contributed by atoms with Crippen LogP contribution in [0.3, 0.4) is 0 Å². The Bertz CT molecular complexity index is 579. The molecule has 0 N–H and O–H groups in total. The molecule has 6 nitrogen and oxygen atoms in total. The van der Waals surface area contributed by atoms with Crippen LogP contribution in [0.2, 0.25) is 0 Å². The number of morpholine rings is 1. The fourth-order valence-corrected chi connectivity index (χ4v) is 3.46. The van der Waals surface area contributed by atoms with Gasteiger partial charge < -0.3 is 0 Å². The number of nitrogens with zero attached hydrogens (tertiary/aromatic N) is 2. The van der Waals surface area contributed by atoms with E-state index in [1.54, 1.807) is 0 Å². The van der Waals surface area contributed by atoms with Crippen molar-refractivity contribution in [3.8, 4) is 0 Å². The van der Waals surface area contributed by atoms with Crippen LogP contribution in [0.1, 0.15) is 47.8 Å². The molecular weight excluding hydrogens is 411 g/mol. The first kappa shape index (κ1) is 16.9. The van der Waals surface area contributed by atoms with Crippen molar-refractivity contribution in [2.45, 2.75) is 32.2 Å². The van der Waals surface area contributed by atoms with E-state index in [2.05, 4.69) is 16.0 Å². The van der Waals surface area contributed by atoms with Gasteiger partial charge in [0.2, 0.25) is 0 Å². The Hall–Kier alpha value is -0.930. The molecule has 1 aromatic heterocycles. The van der Waals surface area contributed by atoms with Crippen LogP contribution in [0.25, 0.3) is 5.57 Å². The molecule has 0 saturated carbocycles. The summed E-state index contributed by atoms with van der Waals surface area (Å²) in [5.74, 6) is 0.493. The molecule has 0 atom stereocenters. The standard InChI is InChI=1S/C16H22IN2O4/c1-17-23-16(20)14-13(11-19-7-9-21-10-8-19)18-15(22-14)12-5-3-2-4-6-12/h5H,2-4,6-11H2,1H3/q-1. The van der Waals surface area contributed by atoms with Crippen molar-refractivity contribution in [2.75, 3.05) is 31.2 Å². The zero-order valence-electron chi connectivity index (χ0n) is 13.3. The third-order valence-electron chi connectivity index (χ3n) is 4.07. The van der Waals surface area contributed by atoms with Crippen molar-refractivity contribution in [1.29, 1.82) is 0 Å². The van der Waals surface area contributed by atoms with Crippen molar-refractivity contribution < 1.29 is 38.6 Å². The summed E-state index contributed by atoms with van der Waals surface area (Å²) in [7, 11) is 0. The van der Waals surface area contributed by atoms with Crippen molar-refractivity contribution >= 4 is 11.5 Å². The average Bonchev–Trinajstić information content (AvgIpc) is 3.01. The van der Waals surface area contributed by atoms with Gasteiger partial charge in [0.05, 0.1) is 0 Å². The fourth-order valence-electron chi connectivity index (χ4n) is 2.86. The first-order valence-corrected chi connectivity index (χ1v) is 11.0. The molecule has 3 rings (SSSR count). The molecule has 2 heterocycles. The first-order valence-electron chi connectivity index (χ1n) is 7.98. The molecule has 1 saturated heterocycles. The van der Waals surface area contributed by atoms with Gasteiger partial charge in [-0.1, -0.05) is 0 Å². The van der Waals surface area contributed by atoms with Gasteiger partial charge in [0.1, 0.15) is 0 Å². The van der Waals surface area contributed by atoms with Crippen LogP contribution in [0.5, 0.6) is 0 Å². The maximum atomic E-state index is 12.2. The summed E-state index contributed by atoms with van der Waals surface area (Å²) in [5, 5.41) is 0. The number of hydrogen-bond donors (Lipinski definition) is 0. The Morgan fingerprint density at radius 3 is 2.91 bits per heavy atom. The molecule has 2 aliphatic rings. The van der Waals surface area contributed by atoms with Gasteiger partial charge in [0.25, 0.3) is 0 Å². The van der Waals surface area contributed by atoms with Gasteiger partial charge in [0, 0.05) is 0 Å². The van der Waals surface area contributed by atoms with Crippen molar-refractivity contribution in [3.63, 3.8) is 0 Å². The van der Waals surface area contributed by atoms with Gasteiger partial charge in [-0.05, 0) is 0 Å². The quantitative estimate of drug-likeness (QED) is 0.450. The average molecular weight is 433 g/mol. The predicted octanol–water partition coefficient (Wildman–Crippen LogP) is -0.745. The van der Waals surface area contributed by atoms with Gasteiger partial charge in [-0.2, -0.15) is 0 Å². The monoisotopic (exact) mass is 433 g/mol. The normalized spacial score (nSPS) is 19.6. The molecule has 0 aromatic carbocycles. The zero-order chi connectivity index (χ0) is 16.1. The Kier molecular flexibility index (Phi) is 6.07. The number of halogens is 1. The summed E-state index contributed by atoms with van der Waals surface area (Å²) >= 11 is -0.584. The van der Waals surface area contributed by atoms with Crippen LogP contribution >= 0.6 is 0 Å². The van der Waals surface area contributed by atoms with E-state index in [4.69, 9.17) is 12.2 Å². The Labute approximate surface area is 147 Å². The molecule has 7 heteroatoms. The Morgan fingerprint density at radius 2 is 2.22 bits per heavy atom. The third kappa shape index (κ3) is 4.33. The van der Waals surface area contributed by atoms with E-state index in [1.807, 2.05) is 4.93 Å². The van der Waals surface area contributed by atoms with E-state index in [-0.39, 0.29) is 11.7 Å². The fraction of sp³-hybridized carbons (Fsp3) is 0.625. The topological polar surface area (TPSA) is 64.8 Å². The summed E-state index contributed by atoms with van der Waals surface area (Å²) in [6.07, 6.45) is 6.55. The van der Waals surface area contributed by atoms with Gasteiger partial charge in [-0.15, -0.1) is 0 Å². The summed E-state index contributed by atoms with van der Waals surface area (Å²) in [6.45, 7) is 3.74. The Balaban J connectivity index is 1.83. The Morgan fingerprint density at radius 1 is 1.39 bits per heavy atom. The number of rotatable bonds is 5. The van der Waals surface area contributed by atoms with E-state index in [1.165, 1.54) is 6.42 Å². The van der Waals surface area contributed by atoms with Crippen LogP contribution in [0.4, 0.5) is 0 Å². The molecule has 1 fully saturated rings. The number of carbonyl (C=O) groups excluding carboxylic acids is 1. The molecule has 23 heavy (non-hydrogen) atoms. The molecule has 0 bridgehead atoms. The van der Waals surface area contributed by atoms with E-state index >= 15 is 0 Å². The molecule has 128 valence electrons. The molecule has 0 radical (unpaired) electrons. The zero-order valence-corrected chi connectivity index (χ0v) is 15.5. The number of aromatic nitrogens is 1. The molecule has 1 aromatic rings. The van der Waals surface area contributed by atoms with Crippen LogP contribution < -0.4 is 21.6 Å². The predicted molar refractivity (Wildman–Crippen MR) is 80.4 cm³/mol. The van der Waals surface area contributed by atoms with Crippen molar-refractivity contribution in [1.82, 2.24) is 9.88 Å². The summed E-state index contributed by atoms with van der Waals surface area (Å²) in [4.78, 5) is 21.0. The first-order chi connectivity index (χ1) is 11.3. The summed E-state index contributed by atoms with van der Waals surface area (Å²) in [6, 6.07) is 0. The van der Waals surface area contributed by atoms with Crippen LogP contribution in [-0.4, -0.2) is 47.1 Å². The number of allylic oxidation sites excluding steroid dienone is 2. The number of hydrogen-bond acceptors (Lipinski definition) is 6. The minimum atomic E-state index is -0.584. The molecule has 0 amide bonds. The number of ether oxygens (including phenoxy) is 1. The molecule has 0 spiro atoms. The van der Waals surface area contributed by atoms with Crippen molar-refractivity contribution in [2.24, 2.45) is 0 Å². The van der Waals surface area contributed by atoms with Crippen molar-refractivity contribution in [3.05, 3.63) is 23.4 Å². The van der Waals surface area contributed by atoms with Crippen LogP contribution in [0, 0.1) is 0 Å². The molecule has 0 unspecified atom stereocenters. The van der Waals surface area contributed by atoms with E-state index < -0.39 is 21.6 Å². The van der Waals surface area contributed by atoms with Crippen LogP contribution in [0.15, 0.2) is 10.5 Å². The third-order valence-corrected chi connectivity index (χ3v) is 4.91. The SMILES string of the molecule is C[I-]OC(=O)c1oc(C2=CCCCC2)nc1CN1CCOCC1. The minimum absolute atomic E-state index is 0.277. The van der Waals surface area contributed by atoms with E-state index in [9.17, 15) is 4.79 Å². The number of alkyl halides is 1. The van der Waals surface area contributed by atoms with Gasteiger partial charge in [0.15, 0.2) is 0 Å². The van der Waals surface area contributed by atoms with E-state index in [0.29, 0.717) is 18.1 Å². The second-order valence-electron chi connectivity index (χ2n) is 5.68. The van der Waals surface area contributed by atoms with Gasteiger partial charge >= 0.3 is 147 Å². The van der Waals surface area contributed by atoms with Crippen LogP contribution in [-0.2, 0) is 14.3 Å². The second-order valence-corrected chi connectivity index (χ2v) is 7.00. The number of oxazole rings is 1. The molecular formula is C16H22IN2O4-. The van der Waals surface area contributed by atoms with Gasteiger partial charge in [-0.25, -0.2) is 0 Å². The molecule has 1 aliphatic carbocycles. The number of carbonyl (C=O) groups is 1. The summed E-state index contributed by atoms with van der Waals surface area (Å²) in [5.41, 5.74) is 1.81. The maximum absolute atomic E-state index is 12.2. The summed E-state index contributed by atoms with van der Waals surface area (Å²) < 4.78 is 16.4. The van der Waals surface area contributed by atoms with Gasteiger partial charge in [-0.3, -0.25) is 0 Å².